The second-order valence-electron chi connectivity index (χ2n) is 3.60. The Morgan fingerprint density at radius 2 is 1.94 bits per heavy atom. The van der Waals surface area contributed by atoms with Crippen molar-refractivity contribution in [2.45, 2.75) is 13.0 Å². The Balaban J connectivity index is 2.95. The van der Waals surface area contributed by atoms with Crippen LogP contribution in [0.25, 0.3) is 0 Å². The van der Waals surface area contributed by atoms with Gasteiger partial charge in [0.2, 0.25) is 0 Å². The summed E-state index contributed by atoms with van der Waals surface area (Å²) in [5.41, 5.74) is 0.256. The fraction of sp³-hybridized carbons (Fsp3) is 0.333. The number of hydrogen-bond acceptors (Lipinski definition) is 4. The van der Waals surface area contributed by atoms with Gasteiger partial charge in [0.05, 0.1) is 19.8 Å². The van der Waals surface area contributed by atoms with Gasteiger partial charge in [0.25, 0.3) is 5.91 Å². The zero-order valence-electron chi connectivity index (χ0n) is 10.4. The molecule has 1 amide bonds. The molecule has 2 N–H and O–H groups in total. The highest BCUT2D eigenvalue weighted by atomic mass is 16.5. The van der Waals surface area contributed by atoms with Gasteiger partial charge in [0, 0.05) is 6.07 Å². The van der Waals surface area contributed by atoms with E-state index in [0.717, 1.165) is 0 Å². The topological polar surface area (TPSA) is 84.9 Å². The lowest BCUT2D eigenvalue weighted by molar-refractivity contribution is -0.138. The first-order chi connectivity index (χ1) is 8.49. The fourth-order valence-corrected chi connectivity index (χ4v) is 1.32. The van der Waals surface area contributed by atoms with E-state index in [1.165, 1.54) is 27.2 Å². The van der Waals surface area contributed by atoms with E-state index in [2.05, 4.69) is 5.32 Å². The smallest absolute Gasteiger partial charge is 0.325 e. The van der Waals surface area contributed by atoms with Crippen LogP contribution in [0.2, 0.25) is 0 Å². The monoisotopic (exact) mass is 253 g/mol. The normalized spacial score (nSPS) is 11.5. The molecule has 1 aromatic rings. The molecule has 18 heavy (non-hydrogen) atoms. The van der Waals surface area contributed by atoms with Crippen LogP contribution < -0.4 is 14.8 Å². The lowest BCUT2D eigenvalue weighted by atomic mass is 10.1. The van der Waals surface area contributed by atoms with Crippen molar-refractivity contribution >= 4 is 11.9 Å². The van der Waals surface area contributed by atoms with E-state index in [-0.39, 0.29) is 5.56 Å². The Morgan fingerprint density at radius 3 is 2.44 bits per heavy atom. The number of benzene rings is 1. The first kappa shape index (κ1) is 13.8. The van der Waals surface area contributed by atoms with Gasteiger partial charge in [-0.3, -0.25) is 9.59 Å². The summed E-state index contributed by atoms with van der Waals surface area (Å²) < 4.78 is 10.1. The van der Waals surface area contributed by atoms with Gasteiger partial charge < -0.3 is 19.9 Å². The number of hydrogen-bond donors (Lipinski definition) is 2. The van der Waals surface area contributed by atoms with E-state index in [4.69, 9.17) is 14.6 Å². The van der Waals surface area contributed by atoms with E-state index in [0.29, 0.717) is 11.5 Å². The molecular weight excluding hydrogens is 238 g/mol. The van der Waals surface area contributed by atoms with Crippen LogP contribution in [-0.4, -0.2) is 37.2 Å². The number of carboxylic acids is 1. The Bertz CT molecular complexity index is 458. The SMILES string of the molecule is COc1ccc(C(=O)NC(C)C(=O)O)c(OC)c1. The Hall–Kier alpha value is -2.24. The van der Waals surface area contributed by atoms with Gasteiger partial charge in [-0.15, -0.1) is 0 Å². The summed E-state index contributed by atoms with van der Waals surface area (Å²) in [5.74, 6) is -0.737. The van der Waals surface area contributed by atoms with E-state index in [9.17, 15) is 9.59 Å². The van der Waals surface area contributed by atoms with Crippen LogP contribution in [-0.2, 0) is 4.79 Å². The minimum absolute atomic E-state index is 0.256. The van der Waals surface area contributed by atoms with E-state index >= 15 is 0 Å². The first-order valence-electron chi connectivity index (χ1n) is 5.25. The molecule has 0 radical (unpaired) electrons. The predicted molar refractivity (Wildman–Crippen MR) is 64.1 cm³/mol. The summed E-state index contributed by atoms with van der Waals surface area (Å²) in [6.45, 7) is 1.39. The molecule has 98 valence electrons. The summed E-state index contributed by atoms with van der Waals surface area (Å²) in [5, 5.41) is 11.1. The van der Waals surface area contributed by atoms with Gasteiger partial charge in [-0.2, -0.15) is 0 Å². The third-order valence-corrected chi connectivity index (χ3v) is 2.37. The number of ether oxygens (including phenoxy) is 2. The van der Waals surface area contributed by atoms with E-state index in [1.807, 2.05) is 0 Å². The van der Waals surface area contributed by atoms with Crippen LogP contribution >= 0.6 is 0 Å². The molecule has 0 heterocycles. The fourth-order valence-electron chi connectivity index (χ4n) is 1.32. The first-order valence-corrected chi connectivity index (χ1v) is 5.25. The number of nitrogens with one attached hydrogen (secondary N) is 1. The zero-order chi connectivity index (χ0) is 13.7. The quantitative estimate of drug-likeness (QED) is 0.814. The molecule has 1 aromatic carbocycles. The van der Waals surface area contributed by atoms with E-state index < -0.39 is 17.9 Å². The molecule has 0 saturated heterocycles. The van der Waals surface area contributed by atoms with E-state index in [1.54, 1.807) is 12.1 Å². The predicted octanol–water partition coefficient (Wildman–Crippen LogP) is 0.907. The molecule has 1 atom stereocenters. The molecule has 0 aliphatic carbocycles. The van der Waals surface area contributed by atoms with Crippen LogP contribution in [0.1, 0.15) is 17.3 Å². The van der Waals surface area contributed by atoms with Crippen molar-refractivity contribution < 1.29 is 24.2 Å². The van der Waals surface area contributed by atoms with Crippen molar-refractivity contribution in [3.8, 4) is 11.5 Å². The van der Waals surface area contributed by atoms with Gasteiger partial charge in [-0.05, 0) is 19.1 Å². The van der Waals surface area contributed by atoms with Crippen molar-refractivity contribution in [2.24, 2.45) is 0 Å². The number of carbonyl (C=O) groups is 2. The van der Waals surface area contributed by atoms with Crippen molar-refractivity contribution in [1.82, 2.24) is 5.32 Å². The molecule has 0 fully saturated rings. The van der Waals surface area contributed by atoms with Gasteiger partial charge in [0.1, 0.15) is 17.5 Å². The minimum atomic E-state index is -1.10. The summed E-state index contributed by atoms with van der Waals surface area (Å²) >= 11 is 0. The van der Waals surface area contributed by atoms with Gasteiger partial charge >= 0.3 is 5.97 Å². The van der Waals surface area contributed by atoms with Crippen molar-refractivity contribution in [3.05, 3.63) is 23.8 Å². The summed E-state index contributed by atoms with van der Waals surface area (Å²) in [4.78, 5) is 22.5. The molecule has 0 saturated carbocycles. The summed E-state index contributed by atoms with van der Waals surface area (Å²) in [7, 11) is 2.92. The molecule has 0 aliphatic rings. The van der Waals surface area contributed by atoms with Crippen LogP contribution in [0, 0.1) is 0 Å². The van der Waals surface area contributed by atoms with Gasteiger partial charge in [-0.25, -0.2) is 0 Å². The third kappa shape index (κ3) is 3.13. The molecule has 0 aliphatic heterocycles. The number of aliphatic carboxylic acids is 1. The number of carboxylic acid groups (broad SMARTS) is 1. The summed E-state index contributed by atoms with van der Waals surface area (Å²) in [6.07, 6.45) is 0. The van der Waals surface area contributed by atoms with Crippen LogP contribution in [0.3, 0.4) is 0 Å². The van der Waals surface area contributed by atoms with Crippen LogP contribution in [0.4, 0.5) is 0 Å². The Labute approximate surface area is 105 Å². The van der Waals surface area contributed by atoms with Crippen LogP contribution in [0.15, 0.2) is 18.2 Å². The van der Waals surface area contributed by atoms with Crippen LogP contribution in [0.5, 0.6) is 11.5 Å². The number of methoxy groups -OCH3 is 2. The highest BCUT2D eigenvalue weighted by Gasteiger charge is 2.18. The maximum absolute atomic E-state index is 11.8. The number of rotatable bonds is 5. The Morgan fingerprint density at radius 1 is 1.28 bits per heavy atom. The molecule has 1 unspecified atom stereocenters. The second-order valence-corrected chi connectivity index (χ2v) is 3.60. The largest absolute Gasteiger partial charge is 0.497 e. The maximum Gasteiger partial charge on any atom is 0.325 e. The molecule has 6 nitrogen and oxygen atoms in total. The number of amides is 1. The lowest BCUT2D eigenvalue weighted by Gasteiger charge is -2.12. The second kappa shape index (κ2) is 5.90. The minimum Gasteiger partial charge on any atom is -0.497 e. The van der Waals surface area contributed by atoms with Gasteiger partial charge in [-0.1, -0.05) is 0 Å². The molecule has 0 spiro atoms. The maximum atomic E-state index is 11.8. The average molecular weight is 253 g/mol. The highest BCUT2D eigenvalue weighted by molar-refractivity contribution is 5.99. The molecule has 6 heteroatoms. The molecular formula is C12H15NO5. The third-order valence-electron chi connectivity index (χ3n) is 2.37. The summed E-state index contributed by atoms with van der Waals surface area (Å²) in [6, 6.07) is 3.70. The standard InChI is InChI=1S/C12H15NO5/c1-7(12(15)16)13-11(14)9-5-4-8(17-2)6-10(9)18-3/h4-7H,1-3H3,(H,13,14)(H,15,16). The average Bonchev–Trinajstić information content (AvgIpc) is 2.37. The molecule has 1 rings (SSSR count). The Kier molecular flexibility index (Phi) is 4.53. The lowest BCUT2D eigenvalue weighted by Crippen LogP contribution is -2.38. The van der Waals surface area contributed by atoms with Crippen molar-refractivity contribution in [1.29, 1.82) is 0 Å². The van der Waals surface area contributed by atoms with Crippen molar-refractivity contribution in [3.63, 3.8) is 0 Å². The molecule has 0 bridgehead atoms. The number of carbonyl (C=O) groups excluding carboxylic acids is 1. The van der Waals surface area contributed by atoms with Gasteiger partial charge in [0.15, 0.2) is 0 Å². The van der Waals surface area contributed by atoms with Crippen molar-refractivity contribution in [2.75, 3.05) is 14.2 Å². The molecule has 0 aromatic heterocycles. The highest BCUT2D eigenvalue weighted by Crippen LogP contribution is 2.24. The zero-order valence-corrected chi connectivity index (χ0v) is 10.4.